The Hall–Kier alpha value is -3.21. The van der Waals surface area contributed by atoms with Gasteiger partial charge in [0.25, 0.3) is 0 Å². The van der Waals surface area contributed by atoms with Gasteiger partial charge in [-0.1, -0.05) is 54.6 Å². The average molecular weight is 412 g/mol. The van der Waals surface area contributed by atoms with Gasteiger partial charge in [0.05, 0.1) is 12.5 Å². The van der Waals surface area contributed by atoms with E-state index in [-0.39, 0.29) is 12.0 Å². The second kappa shape index (κ2) is 10.0. The number of benzene rings is 3. The van der Waals surface area contributed by atoms with Crippen molar-refractivity contribution in [3.05, 3.63) is 96.1 Å². The molecule has 2 nitrogen and oxygen atoms in total. The number of hydrogen-bond acceptors (Lipinski definition) is 2. The number of ether oxygens (including phenoxy) is 2. The van der Waals surface area contributed by atoms with Crippen molar-refractivity contribution in [2.24, 2.45) is 0 Å². The van der Waals surface area contributed by atoms with Gasteiger partial charge in [0, 0.05) is 0 Å². The van der Waals surface area contributed by atoms with Crippen molar-refractivity contribution >= 4 is 6.08 Å². The third-order valence-electron chi connectivity index (χ3n) is 4.51. The van der Waals surface area contributed by atoms with Gasteiger partial charge in [-0.05, 0) is 60.9 Å². The zero-order chi connectivity index (χ0) is 21.4. The molecule has 0 spiro atoms. The Balaban J connectivity index is 1.70. The predicted octanol–water partition coefficient (Wildman–Crippen LogP) is 7.63. The molecular formula is C25H23F3O2. The smallest absolute Gasteiger partial charge is 0.396 e. The molecule has 0 aromatic heterocycles. The molecule has 0 amide bonds. The standard InChI is InChI=1S/C25H23F3O2/c1-2-29-21-16-14-20(15-17-21)24(25(26,27)28)13-7-9-19-8-6-12-23(18-19)30-22-10-4-3-5-11-22/h3-12,14-18,24H,2,13H2,1H3. The summed E-state index contributed by atoms with van der Waals surface area (Å²) in [4.78, 5) is 0. The molecule has 3 aromatic rings. The summed E-state index contributed by atoms with van der Waals surface area (Å²) in [6.45, 7) is 2.30. The molecule has 0 aliphatic heterocycles. The van der Waals surface area contributed by atoms with Crippen LogP contribution in [0.3, 0.4) is 0 Å². The molecule has 3 rings (SSSR count). The van der Waals surface area contributed by atoms with E-state index in [9.17, 15) is 13.2 Å². The molecule has 0 bridgehead atoms. The van der Waals surface area contributed by atoms with Gasteiger partial charge in [-0.2, -0.15) is 13.2 Å². The van der Waals surface area contributed by atoms with E-state index in [4.69, 9.17) is 9.47 Å². The van der Waals surface area contributed by atoms with Crippen molar-refractivity contribution in [1.82, 2.24) is 0 Å². The van der Waals surface area contributed by atoms with Gasteiger partial charge in [0.15, 0.2) is 0 Å². The van der Waals surface area contributed by atoms with Crippen LogP contribution in [0.4, 0.5) is 13.2 Å². The van der Waals surface area contributed by atoms with E-state index in [1.165, 1.54) is 12.1 Å². The summed E-state index contributed by atoms with van der Waals surface area (Å²) >= 11 is 0. The zero-order valence-corrected chi connectivity index (χ0v) is 16.6. The number of halogens is 3. The number of alkyl halides is 3. The summed E-state index contributed by atoms with van der Waals surface area (Å²) in [5.41, 5.74) is 0.993. The van der Waals surface area contributed by atoms with Crippen LogP contribution in [-0.4, -0.2) is 12.8 Å². The van der Waals surface area contributed by atoms with Crippen LogP contribution in [0.1, 0.15) is 30.4 Å². The van der Waals surface area contributed by atoms with E-state index < -0.39 is 12.1 Å². The zero-order valence-electron chi connectivity index (χ0n) is 16.6. The van der Waals surface area contributed by atoms with E-state index in [1.807, 2.05) is 55.5 Å². The normalized spacial score (nSPS) is 12.7. The molecule has 5 heteroatoms. The first kappa shape index (κ1) is 21.5. The van der Waals surface area contributed by atoms with Gasteiger partial charge < -0.3 is 9.47 Å². The molecule has 3 aromatic carbocycles. The van der Waals surface area contributed by atoms with E-state index in [2.05, 4.69) is 0 Å². The first-order valence-corrected chi connectivity index (χ1v) is 9.74. The lowest BCUT2D eigenvalue weighted by molar-refractivity contribution is -0.149. The van der Waals surface area contributed by atoms with Crippen LogP contribution in [0.25, 0.3) is 6.08 Å². The van der Waals surface area contributed by atoms with Gasteiger partial charge >= 0.3 is 6.18 Å². The Morgan fingerprint density at radius 2 is 1.53 bits per heavy atom. The van der Waals surface area contributed by atoms with Crippen LogP contribution in [0.5, 0.6) is 17.2 Å². The van der Waals surface area contributed by atoms with Crippen LogP contribution in [0.15, 0.2) is 84.9 Å². The molecule has 0 saturated heterocycles. The second-order valence-corrected chi connectivity index (χ2v) is 6.72. The van der Waals surface area contributed by atoms with Crippen molar-refractivity contribution in [3.63, 3.8) is 0 Å². The number of para-hydroxylation sites is 1. The summed E-state index contributed by atoms with van der Waals surface area (Å²) in [6.07, 6.45) is -1.25. The molecule has 30 heavy (non-hydrogen) atoms. The number of hydrogen-bond donors (Lipinski definition) is 0. The third kappa shape index (κ3) is 6.14. The van der Waals surface area contributed by atoms with Crippen molar-refractivity contribution in [3.8, 4) is 17.2 Å². The fourth-order valence-corrected chi connectivity index (χ4v) is 3.07. The second-order valence-electron chi connectivity index (χ2n) is 6.72. The molecule has 0 heterocycles. The largest absolute Gasteiger partial charge is 0.494 e. The van der Waals surface area contributed by atoms with Gasteiger partial charge in [0.2, 0.25) is 0 Å². The average Bonchev–Trinajstić information content (AvgIpc) is 2.72. The van der Waals surface area contributed by atoms with Gasteiger partial charge in [0.1, 0.15) is 17.2 Å². The monoisotopic (exact) mass is 412 g/mol. The topological polar surface area (TPSA) is 18.5 Å². The highest BCUT2D eigenvalue weighted by Crippen LogP contribution is 2.38. The Morgan fingerprint density at radius 3 is 2.20 bits per heavy atom. The SMILES string of the molecule is CCOc1ccc(C(CC=Cc2cccc(Oc3ccccc3)c2)C(F)(F)F)cc1. The summed E-state index contributed by atoms with van der Waals surface area (Å²) in [7, 11) is 0. The first-order chi connectivity index (χ1) is 14.5. The quantitative estimate of drug-likeness (QED) is 0.379. The Bertz CT molecular complexity index is 948. The van der Waals surface area contributed by atoms with Gasteiger partial charge in [-0.3, -0.25) is 0 Å². The minimum absolute atomic E-state index is 0.152. The maximum absolute atomic E-state index is 13.6. The van der Waals surface area contributed by atoms with Gasteiger partial charge in [-0.15, -0.1) is 0 Å². The highest BCUT2D eigenvalue weighted by atomic mass is 19.4. The molecular weight excluding hydrogens is 389 g/mol. The summed E-state index contributed by atoms with van der Waals surface area (Å²) < 4.78 is 51.9. The Kier molecular flexibility index (Phi) is 7.17. The lowest BCUT2D eigenvalue weighted by Gasteiger charge is -2.19. The van der Waals surface area contributed by atoms with Crippen LogP contribution in [0.2, 0.25) is 0 Å². The minimum Gasteiger partial charge on any atom is -0.494 e. The van der Waals surface area contributed by atoms with Crippen molar-refractivity contribution in [2.45, 2.75) is 25.4 Å². The summed E-state index contributed by atoms with van der Waals surface area (Å²) in [5, 5.41) is 0. The van der Waals surface area contributed by atoms with Crippen LogP contribution < -0.4 is 9.47 Å². The molecule has 0 fully saturated rings. The lowest BCUT2D eigenvalue weighted by atomic mass is 9.94. The molecule has 156 valence electrons. The van der Waals surface area contributed by atoms with Crippen LogP contribution in [0, 0.1) is 0 Å². The van der Waals surface area contributed by atoms with Crippen molar-refractivity contribution in [1.29, 1.82) is 0 Å². The van der Waals surface area contributed by atoms with E-state index >= 15 is 0 Å². The lowest BCUT2D eigenvalue weighted by Crippen LogP contribution is -2.20. The molecule has 1 unspecified atom stereocenters. The maximum atomic E-state index is 13.6. The summed E-state index contributed by atoms with van der Waals surface area (Å²) in [5.74, 6) is 0.314. The molecule has 0 aliphatic rings. The van der Waals surface area contributed by atoms with Crippen molar-refractivity contribution in [2.75, 3.05) is 6.61 Å². The fraction of sp³-hybridized carbons (Fsp3) is 0.200. The van der Waals surface area contributed by atoms with E-state index in [0.29, 0.717) is 23.9 Å². The summed E-state index contributed by atoms with van der Waals surface area (Å²) in [6, 6.07) is 22.7. The van der Waals surface area contributed by atoms with E-state index in [1.54, 1.807) is 30.4 Å². The van der Waals surface area contributed by atoms with Gasteiger partial charge in [-0.25, -0.2) is 0 Å². The molecule has 0 N–H and O–H groups in total. The minimum atomic E-state index is -4.34. The van der Waals surface area contributed by atoms with E-state index in [0.717, 1.165) is 5.56 Å². The van der Waals surface area contributed by atoms with Crippen LogP contribution >= 0.6 is 0 Å². The highest BCUT2D eigenvalue weighted by Gasteiger charge is 2.39. The molecule has 0 saturated carbocycles. The number of allylic oxidation sites excluding steroid dienone is 1. The Morgan fingerprint density at radius 1 is 0.833 bits per heavy atom. The maximum Gasteiger partial charge on any atom is 0.396 e. The van der Waals surface area contributed by atoms with Crippen LogP contribution in [-0.2, 0) is 0 Å². The first-order valence-electron chi connectivity index (χ1n) is 9.74. The highest BCUT2D eigenvalue weighted by molar-refractivity contribution is 5.52. The number of rotatable bonds is 8. The predicted molar refractivity (Wildman–Crippen MR) is 113 cm³/mol. The molecule has 0 radical (unpaired) electrons. The molecule has 0 aliphatic carbocycles. The molecule has 1 atom stereocenters. The fourth-order valence-electron chi connectivity index (χ4n) is 3.07. The Labute approximate surface area is 174 Å². The van der Waals surface area contributed by atoms with Crippen molar-refractivity contribution < 1.29 is 22.6 Å². The third-order valence-corrected chi connectivity index (χ3v) is 4.51.